The molecule has 10 heteroatoms. The van der Waals surface area contributed by atoms with E-state index in [-0.39, 0.29) is 11.9 Å². The Morgan fingerprint density at radius 3 is 2.52 bits per heavy atom. The molecule has 9 nitrogen and oxygen atoms in total. The smallest absolute Gasteiger partial charge is 0.327 e. The summed E-state index contributed by atoms with van der Waals surface area (Å²) in [4.78, 5) is 25.8. The van der Waals surface area contributed by atoms with E-state index in [2.05, 4.69) is 15.4 Å². The van der Waals surface area contributed by atoms with Crippen molar-refractivity contribution in [3.8, 4) is 0 Å². The Labute approximate surface area is 122 Å². The van der Waals surface area contributed by atoms with Gasteiger partial charge in [0.05, 0.1) is 5.75 Å². The minimum Gasteiger partial charge on any atom is -0.480 e. The first-order valence-electron chi connectivity index (χ1n) is 6.21. The van der Waals surface area contributed by atoms with Gasteiger partial charge in [-0.05, 0) is 13.8 Å². The van der Waals surface area contributed by atoms with Gasteiger partial charge in [-0.2, -0.15) is 5.10 Å². The van der Waals surface area contributed by atoms with E-state index in [0.29, 0.717) is 0 Å². The zero-order chi connectivity index (χ0) is 16.2. The molecule has 0 aliphatic rings. The average Bonchev–Trinajstić information content (AvgIpc) is 2.74. The zero-order valence-corrected chi connectivity index (χ0v) is 12.8. The lowest BCUT2D eigenvalue weighted by atomic mass is 10.3. The van der Waals surface area contributed by atoms with Crippen molar-refractivity contribution >= 4 is 21.7 Å². The van der Waals surface area contributed by atoms with Gasteiger partial charge in [0.2, 0.25) is 5.91 Å². The van der Waals surface area contributed by atoms with Gasteiger partial charge in [-0.15, -0.1) is 0 Å². The number of hydrogen-bond donors (Lipinski definition) is 2. The first-order chi connectivity index (χ1) is 9.62. The topological polar surface area (TPSA) is 131 Å². The number of carboxylic acids is 1. The molecule has 1 atom stereocenters. The van der Waals surface area contributed by atoms with Crippen molar-refractivity contribution in [2.45, 2.75) is 38.6 Å². The molecule has 0 aromatic carbocycles. The van der Waals surface area contributed by atoms with Crippen LogP contribution in [0.1, 0.15) is 32.6 Å². The highest BCUT2D eigenvalue weighted by atomic mass is 32.2. The Balaban J connectivity index is 2.88. The third kappa shape index (κ3) is 5.14. The fraction of sp³-hybridized carbons (Fsp3) is 0.636. The van der Waals surface area contributed by atoms with Crippen LogP contribution in [0.5, 0.6) is 0 Å². The van der Waals surface area contributed by atoms with Crippen LogP contribution < -0.4 is 5.32 Å². The maximum Gasteiger partial charge on any atom is 0.327 e. The molecule has 1 aromatic rings. The second kappa shape index (κ2) is 6.66. The Morgan fingerprint density at radius 1 is 1.43 bits per heavy atom. The van der Waals surface area contributed by atoms with Crippen molar-refractivity contribution in [1.82, 2.24) is 20.1 Å². The van der Waals surface area contributed by atoms with E-state index in [1.165, 1.54) is 11.0 Å². The molecule has 118 valence electrons. The normalized spacial score (nSPS) is 13.1. The molecule has 1 heterocycles. The van der Waals surface area contributed by atoms with E-state index in [0.717, 1.165) is 6.92 Å². The molecule has 1 amide bonds. The molecular weight excluding hydrogens is 300 g/mol. The van der Waals surface area contributed by atoms with Gasteiger partial charge in [0.1, 0.15) is 23.9 Å². The summed E-state index contributed by atoms with van der Waals surface area (Å²) in [6, 6.07) is -1.55. The molecular formula is C11H18N4O5S. The van der Waals surface area contributed by atoms with E-state index >= 15 is 0 Å². The van der Waals surface area contributed by atoms with E-state index < -0.39 is 39.3 Å². The number of carboxylic acid groups (broad SMARTS) is 1. The van der Waals surface area contributed by atoms with Crippen molar-refractivity contribution in [3.05, 3.63) is 12.2 Å². The minimum absolute atomic E-state index is 0.0664. The Kier molecular flexibility index (Phi) is 5.41. The standard InChI is InChI=1S/C11H18N4O5S/c1-7(2)15-10(12-6-13-15)5-21(19,20)4-9(11(17)18)14-8(3)16/h6-7,9H,4-5H2,1-3H3,(H,14,16)(H,17,18). The van der Waals surface area contributed by atoms with Crippen LogP contribution in [0.3, 0.4) is 0 Å². The van der Waals surface area contributed by atoms with Crippen LogP contribution in [0.2, 0.25) is 0 Å². The molecule has 0 spiro atoms. The highest BCUT2D eigenvalue weighted by Gasteiger charge is 2.27. The predicted octanol–water partition coefficient (Wildman–Crippen LogP) is -0.637. The Morgan fingerprint density at radius 2 is 2.05 bits per heavy atom. The number of carbonyl (C=O) groups excluding carboxylic acids is 1. The highest BCUT2D eigenvalue weighted by Crippen LogP contribution is 2.10. The molecule has 0 aliphatic heterocycles. The van der Waals surface area contributed by atoms with Crippen molar-refractivity contribution in [1.29, 1.82) is 0 Å². The van der Waals surface area contributed by atoms with Crippen molar-refractivity contribution < 1.29 is 23.1 Å². The predicted molar refractivity (Wildman–Crippen MR) is 73.1 cm³/mol. The molecule has 1 aromatic heterocycles. The number of nitrogens with zero attached hydrogens (tertiary/aromatic N) is 3. The van der Waals surface area contributed by atoms with Gasteiger partial charge in [-0.3, -0.25) is 4.79 Å². The number of nitrogens with one attached hydrogen (secondary N) is 1. The van der Waals surface area contributed by atoms with Gasteiger partial charge in [-0.1, -0.05) is 0 Å². The quantitative estimate of drug-likeness (QED) is 0.683. The summed E-state index contributed by atoms with van der Waals surface area (Å²) in [7, 11) is -3.77. The van der Waals surface area contributed by atoms with Gasteiger partial charge in [-0.25, -0.2) is 22.9 Å². The van der Waals surface area contributed by atoms with Crippen molar-refractivity contribution in [3.63, 3.8) is 0 Å². The fourth-order valence-corrected chi connectivity index (χ4v) is 3.19. The molecule has 0 saturated carbocycles. The van der Waals surface area contributed by atoms with Gasteiger partial charge in [0.15, 0.2) is 9.84 Å². The summed E-state index contributed by atoms with van der Waals surface area (Å²) in [6.45, 7) is 4.77. The SMILES string of the molecule is CC(=O)NC(CS(=O)(=O)Cc1ncnn1C(C)C)C(=O)O. The summed E-state index contributed by atoms with van der Waals surface area (Å²) in [5.41, 5.74) is 0. The highest BCUT2D eigenvalue weighted by molar-refractivity contribution is 7.90. The van der Waals surface area contributed by atoms with Gasteiger partial charge < -0.3 is 10.4 Å². The van der Waals surface area contributed by atoms with E-state index in [4.69, 9.17) is 5.11 Å². The lowest BCUT2D eigenvalue weighted by molar-refractivity contribution is -0.140. The van der Waals surface area contributed by atoms with Gasteiger partial charge in [0, 0.05) is 13.0 Å². The molecule has 2 N–H and O–H groups in total. The summed E-state index contributed by atoms with van der Waals surface area (Å²) < 4.78 is 25.6. The number of sulfone groups is 1. The number of rotatable bonds is 7. The van der Waals surface area contributed by atoms with Crippen LogP contribution in [0, 0.1) is 0 Å². The molecule has 1 unspecified atom stereocenters. The number of aliphatic carboxylic acids is 1. The number of carbonyl (C=O) groups is 2. The van der Waals surface area contributed by atoms with Crippen molar-refractivity contribution in [2.24, 2.45) is 0 Å². The zero-order valence-electron chi connectivity index (χ0n) is 12.0. The second-order valence-electron chi connectivity index (χ2n) is 4.86. The summed E-state index contributed by atoms with van der Waals surface area (Å²) in [6.07, 6.45) is 1.24. The molecule has 1 rings (SSSR count). The van der Waals surface area contributed by atoms with Gasteiger partial charge in [0.25, 0.3) is 0 Å². The maximum atomic E-state index is 12.1. The van der Waals surface area contributed by atoms with Crippen LogP contribution in [-0.2, 0) is 25.2 Å². The minimum atomic E-state index is -3.77. The number of aromatic nitrogens is 3. The second-order valence-corrected chi connectivity index (χ2v) is 6.97. The maximum absolute atomic E-state index is 12.1. The van der Waals surface area contributed by atoms with E-state index in [1.54, 1.807) is 0 Å². The van der Waals surface area contributed by atoms with E-state index in [9.17, 15) is 18.0 Å². The monoisotopic (exact) mass is 318 g/mol. The lowest BCUT2D eigenvalue weighted by Gasteiger charge is -2.14. The average molecular weight is 318 g/mol. The van der Waals surface area contributed by atoms with E-state index in [1.807, 2.05) is 13.8 Å². The van der Waals surface area contributed by atoms with Crippen LogP contribution in [-0.4, -0.2) is 52.0 Å². The first kappa shape index (κ1) is 17.1. The molecule has 21 heavy (non-hydrogen) atoms. The summed E-state index contributed by atoms with van der Waals surface area (Å²) >= 11 is 0. The van der Waals surface area contributed by atoms with Crippen LogP contribution in [0.25, 0.3) is 0 Å². The molecule has 0 radical (unpaired) electrons. The molecule has 0 saturated heterocycles. The number of amides is 1. The van der Waals surface area contributed by atoms with Crippen LogP contribution in [0.15, 0.2) is 6.33 Å². The lowest BCUT2D eigenvalue weighted by Crippen LogP contribution is -2.44. The molecule has 0 bridgehead atoms. The number of hydrogen-bond acceptors (Lipinski definition) is 6. The fourth-order valence-electron chi connectivity index (χ4n) is 1.74. The summed E-state index contributed by atoms with van der Waals surface area (Å²) in [5, 5.41) is 15.0. The molecule has 0 fully saturated rings. The Bertz CT molecular complexity index is 622. The van der Waals surface area contributed by atoms with Crippen LogP contribution >= 0.6 is 0 Å². The van der Waals surface area contributed by atoms with Crippen molar-refractivity contribution in [2.75, 3.05) is 5.75 Å². The third-order valence-electron chi connectivity index (χ3n) is 2.58. The Hall–Kier alpha value is -1.97. The third-order valence-corrected chi connectivity index (χ3v) is 4.12. The summed E-state index contributed by atoms with van der Waals surface area (Å²) in [5.74, 6) is -2.92. The van der Waals surface area contributed by atoms with Gasteiger partial charge >= 0.3 is 5.97 Å². The van der Waals surface area contributed by atoms with Crippen LogP contribution in [0.4, 0.5) is 0 Å². The first-order valence-corrected chi connectivity index (χ1v) is 8.03. The largest absolute Gasteiger partial charge is 0.480 e. The molecule has 0 aliphatic carbocycles.